The highest BCUT2D eigenvalue weighted by atomic mass is 16.4. The Morgan fingerprint density at radius 1 is 1.50 bits per heavy atom. The zero-order chi connectivity index (χ0) is 10.3. The first kappa shape index (κ1) is 8.68. The summed E-state index contributed by atoms with van der Waals surface area (Å²) >= 11 is 0. The fraction of sp³-hybridized carbons (Fsp3) is 0.222. The average Bonchev–Trinajstić information content (AvgIpc) is 2.52. The number of carboxylic acids is 1. The lowest BCUT2D eigenvalue weighted by Crippen LogP contribution is -2.10. The smallest absolute Gasteiger partial charge is 0.353 e. The lowest BCUT2D eigenvalue weighted by molar-refractivity contribution is 0.0687. The van der Waals surface area contributed by atoms with E-state index in [1.807, 2.05) is 0 Å². The van der Waals surface area contributed by atoms with E-state index in [0.717, 1.165) is 5.69 Å². The summed E-state index contributed by atoms with van der Waals surface area (Å²) < 4.78 is 1.48. The van der Waals surface area contributed by atoms with E-state index in [9.17, 15) is 4.79 Å². The molecule has 0 radical (unpaired) electrons. The van der Waals surface area contributed by atoms with E-state index >= 15 is 0 Å². The summed E-state index contributed by atoms with van der Waals surface area (Å²) in [6.45, 7) is 3.53. The van der Waals surface area contributed by atoms with Gasteiger partial charge in [0.2, 0.25) is 0 Å². The van der Waals surface area contributed by atoms with Crippen LogP contribution in [0, 0.1) is 13.8 Å². The van der Waals surface area contributed by atoms with Crippen molar-refractivity contribution in [1.82, 2.24) is 14.4 Å². The van der Waals surface area contributed by atoms with Crippen molar-refractivity contribution in [2.45, 2.75) is 13.8 Å². The number of imidazole rings is 1. The third-order valence-electron chi connectivity index (χ3n) is 2.24. The van der Waals surface area contributed by atoms with Crippen LogP contribution in [0.5, 0.6) is 0 Å². The van der Waals surface area contributed by atoms with Gasteiger partial charge in [-0.05, 0) is 13.8 Å². The largest absolute Gasteiger partial charge is 0.477 e. The molecule has 0 saturated carbocycles. The fourth-order valence-corrected chi connectivity index (χ4v) is 1.41. The van der Waals surface area contributed by atoms with E-state index < -0.39 is 5.97 Å². The summed E-state index contributed by atoms with van der Waals surface area (Å²) in [4.78, 5) is 19.1. The van der Waals surface area contributed by atoms with Crippen molar-refractivity contribution in [2.75, 3.05) is 0 Å². The molecule has 0 aliphatic carbocycles. The van der Waals surface area contributed by atoms with E-state index in [0.29, 0.717) is 11.2 Å². The van der Waals surface area contributed by atoms with Crippen molar-refractivity contribution in [2.24, 2.45) is 0 Å². The molecule has 2 aromatic rings. The van der Waals surface area contributed by atoms with E-state index in [4.69, 9.17) is 5.11 Å². The normalized spacial score (nSPS) is 10.7. The van der Waals surface area contributed by atoms with E-state index in [-0.39, 0.29) is 5.69 Å². The Kier molecular flexibility index (Phi) is 1.73. The predicted molar refractivity (Wildman–Crippen MR) is 49.4 cm³/mol. The van der Waals surface area contributed by atoms with E-state index in [2.05, 4.69) is 9.97 Å². The van der Waals surface area contributed by atoms with Gasteiger partial charge in [-0.1, -0.05) is 0 Å². The number of hydrogen-bond acceptors (Lipinski definition) is 3. The number of carbonyl (C=O) groups is 1. The number of aromatic carboxylic acids is 1. The second kappa shape index (κ2) is 2.80. The zero-order valence-corrected chi connectivity index (χ0v) is 7.85. The first-order valence-electron chi connectivity index (χ1n) is 4.14. The summed E-state index contributed by atoms with van der Waals surface area (Å²) in [6, 6.07) is 0. The maximum absolute atomic E-state index is 11.0. The van der Waals surface area contributed by atoms with Gasteiger partial charge in [0, 0.05) is 11.3 Å². The molecular weight excluding hydrogens is 182 g/mol. The fourth-order valence-electron chi connectivity index (χ4n) is 1.41. The Labute approximate surface area is 80.0 Å². The maximum Gasteiger partial charge on any atom is 0.353 e. The third kappa shape index (κ3) is 1.06. The van der Waals surface area contributed by atoms with Gasteiger partial charge in [0.25, 0.3) is 0 Å². The Morgan fingerprint density at radius 3 is 2.86 bits per heavy atom. The van der Waals surface area contributed by atoms with Gasteiger partial charge in [-0.25, -0.2) is 14.8 Å². The van der Waals surface area contributed by atoms with Crippen LogP contribution in [0.1, 0.15) is 21.7 Å². The highest BCUT2D eigenvalue weighted by molar-refractivity contribution is 5.88. The minimum absolute atomic E-state index is 0.227. The van der Waals surface area contributed by atoms with Crippen LogP contribution in [-0.4, -0.2) is 25.4 Å². The van der Waals surface area contributed by atoms with Crippen molar-refractivity contribution >= 4 is 11.6 Å². The number of nitrogens with zero attached hydrogens (tertiary/aromatic N) is 3. The summed E-state index contributed by atoms with van der Waals surface area (Å²) in [5, 5.41) is 9.03. The quantitative estimate of drug-likeness (QED) is 0.731. The van der Waals surface area contributed by atoms with Crippen LogP contribution in [0.15, 0.2) is 12.5 Å². The van der Waals surface area contributed by atoms with Crippen LogP contribution in [0.4, 0.5) is 0 Å². The Hall–Kier alpha value is -1.91. The van der Waals surface area contributed by atoms with Crippen molar-refractivity contribution in [1.29, 1.82) is 0 Å². The molecule has 5 nitrogen and oxygen atoms in total. The SMILES string of the molecule is Cc1nc2cncn2c(C(=O)O)c1C. The summed E-state index contributed by atoms with van der Waals surface area (Å²) in [7, 11) is 0. The molecule has 0 atom stereocenters. The molecule has 0 fully saturated rings. The topological polar surface area (TPSA) is 67.5 Å². The maximum atomic E-state index is 11.0. The Morgan fingerprint density at radius 2 is 2.21 bits per heavy atom. The number of carboxylic acid groups (broad SMARTS) is 1. The minimum Gasteiger partial charge on any atom is -0.477 e. The molecule has 0 aliphatic rings. The lowest BCUT2D eigenvalue weighted by atomic mass is 10.2. The number of hydrogen-bond donors (Lipinski definition) is 1. The summed E-state index contributed by atoms with van der Waals surface area (Å²) in [5.74, 6) is -0.962. The Balaban J connectivity index is 2.93. The number of aryl methyl sites for hydroxylation is 1. The molecule has 0 bridgehead atoms. The molecule has 1 N–H and O–H groups in total. The van der Waals surface area contributed by atoms with Crippen LogP contribution in [0.25, 0.3) is 5.65 Å². The number of rotatable bonds is 1. The monoisotopic (exact) mass is 191 g/mol. The molecule has 0 aliphatic heterocycles. The van der Waals surface area contributed by atoms with Crippen molar-refractivity contribution in [3.8, 4) is 0 Å². The highest BCUT2D eigenvalue weighted by Crippen LogP contribution is 2.13. The summed E-state index contributed by atoms with van der Waals surface area (Å²) in [5.41, 5.74) is 2.17. The van der Waals surface area contributed by atoms with Gasteiger partial charge in [0.1, 0.15) is 12.0 Å². The molecule has 2 heterocycles. The minimum atomic E-state index is -0.962. The van der Waals surface area contributed by atoms with Crippen LogP contribution >= 0.6 is 0 Å². The molecule has 0 spiro atoms. The second-order valence-electron chi connectivity index (χ2n) is 3.10. The second-order valence-corrected chi connectivity index (χ2v) is 3.10. The van der Waals surface area contributed by atoms with Crippen molar-refractivity contribution in [3.63, 3.8) is 0 Å². The molecule has 2 aromatic heterocycles. The lowest BCUT2D eigenvalue weighted by Gasteiger charge is -2.06. The van der Waals surface area contributed by atoms with Gasteiger partial charge in [-0.15, -0.1) is 0 Å². The van der Waals surface area contributed by atoms with E-state index in [1.165, 1.54) is 10.7 Å². The van der Waals surface area contributed by atoms with E-state index in [1.54, 1.807) is 20.0 Å². The molecule has 2 rings (SSSR count). The van der Waals surface area contributed by atoms with Crippen LogP contribution in [-0.2, 0) is 0 Å². The van der Waals surface area contributed by atoms with Crippen LogP contribution in [0.2, 0.25) is 0 Å². The Bertz CT molecular complexity index is 516. The van der Waals surface area contributed by atoms with Crippen LogP contribution < -0.4 is 0 Å². The summed E-state index contributed by atoms with van der Waals surface area (Å²) in [6.07, 6.45) is 3.00. The van der Waals surface area contributed by atoms with Gasteiger partial charge >= 0.3 is 5.97 Å². The molecule has 0 unspecified atom stereocenters. The average molecular weight is 191 g/mol. The molecule has 0 amide bonds. The number of aromatic nitrogens is 3. The first-order valence-corrected chi connectivity index (χ1v) is 4.14. The van der Waals surface area contributed by atoms with Gasteiger partial charge in [-0.2, -0.15) is 0 Å². The van der Waals surface area contributed by atoms with Crippen LogP contribution in [0.3, 0.4) is 0 Å². The van der Waals surface area contributed by atoms with Crippen molar-refractivity contribution < 1.29 is 9.90 Å². The molecule has 5 heteroatoms. The molecule has 0 saturated heterocycles. The standard InChI is InChI=1S/C9H9N3O2/c1-5-6(2)11-7-3-10-4-12(7)8(5)9(13)14/h3-4H,1-2H3,(H,13,14). The van der Waals surface area contributed by atoms with Gasteiger partial charge < -0.3 is 5.11 Å². The number of fused-ring (bicyclic) bond motifs is 1. The van der Waals surface area contributed by atoms with Crippen molar-refractivity contribution in [3.05, 3.63) is 29.5 Å². The highest BCUT2D eigenvalue weighted by Gasteiger charge is 2.14. The zero-order valence-electron chi connectivity index (χ0n) is 7.85. The predicted octanol–water partition coefficient (Wildman–Crippen LogP) is 1.04. The van der Waals surface area contributed by atoms with Gasteiger partial charge in [0.15, 0.2) is 5.65 Å². The molecular formula is C9H9N3O2. The molecule has 14 heavy (non-hydrogen) atoms. The molecule has 72 valence electrons. The first-order chi connectivity index (χ1) is 6.61. The molecule has 0 aromatic carbocycles. The third-order valence-corrected chi connectivity index (χ3v) is 2.24. The van der Waals surface area contributed by atoms with Gasteiger partial charge in [0.05, 0.1) is 6.20 Å². The van der Waals surface area contributed by atoms with Gasteiger partial charge in [-0.3, -0.25) is 4.40 Å².